The Bertz CT molecular complexity index is 502. The highest BCUT2D eigenvalue weighted by atomic mass is 16.5. The number of esters is 1. The Kier molecular flexibility index (Phi) is 8.42. The molecule has 1 saturated carbocycles. The van der Waals surface area contributed by atoms with Gasteiger partial charge in [-0.05, 0) is 43.8 Å². The van der Waals surface area contributed by atoms with Gasteiger partial charge in [0.2, 0.25) is 0 Å². The van der Waals surface area contributed by atoms with Crippen molar-refractivity contribution in [1.29, 1.82) is 0 Å². The Hall–Kier alpha value is -1.39. The molecule has 3 unspecified atom stereocenters. The molecule has 25 heavy (non-hydrogen) atoms. The summed E-state index contributed by atoms with van der Waals surface area (Å²) in [7, 11) is 0. The van der Waals surface area contributed by atoms with E-state index in [0.29, 0.717) is 5.92 Å². The summed E-state index contributed by atoms with van der Waals surface area (Å²) in [5.74, 6) is 0.328. The van der Waals surface area contributed by atoms with Crippen LogP contribution in [0.25, 0.3) is 0 Å². The lowest BCUT2D eigenvalue weighted by atomic mass is 9.88. The van der Waals surface area contributed by atoms with Crippen LogP contribution >= 0.6 is 0 Å². The highest BCUT2D eigenvalue weighted by Crippen LogP contribution is 2.28. The SMILES string of the molecule is CCN(CC)CCNC(C(=O)OC1CCCCC1C)c1ccccc1. The Morgan fingerprint density at radius 2 is 1.88 bits per heavy atom. The minimum Gasteiger partial charge on any atom is -0.461 e. The number of carbonyl (C=O) groups excluding carboxylic acids is 1. The Labute approximate surface area is 152 Å². The predicted octanol–water partition coefficient (Wildman–Crippen LogP) is 3.78. The number of likely N-dealkylation sites (N-methyl/N-ethyl adjacent to an activating group) is 1. The zero-order valence-corrected chi connectivity index (χ0v) is 16.0. The molecule has 0 bridgehead atoms. The Morgan fingerprint density at radius 1 is 1.20 bits per heavy atom. The summed E-state index contributed by atoms with van der Waals surface area (Å²) in [6.45, 7) is 10.3. The number of hydrogen-bond acceptors (Lipinski definition) is 4. The number of carbonyl (C=O) groups is 1. The van der Waals surface area contributed by atoms with Crippen LogP contribution in [-0.2, 0) is 9.53 Å². The van der Waals surface area contributed by atoms with Gasteiger partial charge in [0.05, 0.1) is 0 Å². The third-order valence-electron chi connectivity index (χ3n) is 5.34. The molecule has 2 rings (SSSR count). The minimum absolute atomic E-state index is 0.0667. The molecule has 4 heteroatoms. The summed E-state index contributed by atoms with van der Waals surface area (Å²) in [5.41, 5.74) is 0.982. The van der Waals surface area contributed by atoms with Gasteiger partial charge in [0.15, 0.2) is 0 Å². The van der Waals surface area contributed by atoms with Gasteiger partial charge in [-0.25, -0.2) is 4.79 Å². The molecule has 0 spiro atoms. The minimum atomic E-state index is -0.383. The standard InChI is InChI=1S/C21H34N2O2/c1-4-23(5-2)16-15-22-20(18-12-7-6-8-13-18)21(24)25-19-14-10-9-11-17(19)3/h6-8,12-13,17,19-20,22H,4-5,9-11,14-16H2,1-3H3. The topological polar surface area (TPSA) is 41.6 Å². The van der Waals surface area contributed by atoms with Crippen molar-refractivity contribution in [3.05, 3.63) is 35.9 Å². The van der Waals surface area contributed by atoms with E-state index in [2.05, 4.69) is 31.0 Å². The van der Waals surface area contributed by atoms with Crippen molar-refractivity contribution in [2.24, 2.45) is 5.92 Å². The largest absolute Gasteiger partial charge is 0.461 e. The first-order chi connectivity index (χ1) is 12.2. The summed E-state index contributed by atoms with van der Waals surface area (Å²) in [4.78, 5) is 15.2. The third kappa shape index (κ3) is 6.12. The van der Waals surface area contributed by atoms with Crippen molar-refractivity contribution in [1.82, 2.24) is 10.2 Å². The van der Waals surface area contributed by atoms with Gasteiger partial charge in [0.25, 0.3) is 0 Å². The quantitative estimate of drug-likeness (QED) is 0.691. The maximum Gasteiger partial charge on any atom is 0.328 e. The van der Waals surface area contributed by atoms with Gasteiger partial charge >= 0.3 is 5.97 Å². The second-order valence-corrected chi connectivity index (χ2v) is 7.06. The number of hydrogen-bond donors (Lipinski definition) is 1. The van der Waals surface area contributed by atoms with Crippen molar-refractivity contribution in [2.75, 3.05) is 26.2 Å². The van der Waals surface area contributed by atoms with E-state index in [0.717, 1.165) is 51.0 Å². The van der Waals surface area contributed by atoms with Gasteiger partial charge in [0, 0.05) is 13.1 Å². The number of nitrogens with one attached hydrogen (secondary N) is 1. The molecule has 0 amide bonds. The molecule has 140 valence electrons. The van der Waals surface area contributed by atoms with E-state index in [1.54, 1.807) is 0 Å². The molecule has 3 atom stereocenters. The zero-order chi connectivity index (χ0) is 18.1. The number of rotatable bonds is 9. The van der Waals surface area contributed by atoms with E-state index in [1.165, 1.54) is 6.42 Å². The van der Waals surface area contributed by atoms with Crippen molar-refractivity contribution < 1.29 is 9.53 Å². The average Bonchev–Trinajstić information content (AvgIpc) is 2.64. The third-order valence-corrected chi connectivity index (χ3v) is 5.34. The molecule has 1 aromatic carbocycles. The molecule has 1 N–H and O–H groups in total. The molecule has 0 radical (unpaired) electrons. The normalized spacial score (nSPS) is 21.9. The van der Waals surface area contributed by atoms with Crippen LogP contribution in [0.15, 0.2) is 30.3 Å². The molecule has 0 aliphatic heterocycles. The van der Waals surface area contributed by atoms with Gasteiger partial charge in [-0.1, -0.05) is 57.5 Å². The number of benzene rings is 1. The zero-order valence-electron chi connectivity index (χ0n) is 16.0. The number of ether oxygens (including phenoxy) is 1. The molecule has 0 aromatic heterocycles. The summed E-state index contributed by atoms with van der Waals surface area (Å²) in [6.07, 6.45) is 4.63. The van der Waals surface area contributed by atoms with Crippen molar-refractivity contribution in [3.63, 3.8) is 0 Å². The highest BCUT2D eigenvalue weighted by Gasteiger charge is 2.29. The van der Waals surface area contributed by atoms with Crippen LogP contribution in [0.4, 0.5) is 0 Å². The molecule has 1 aromatic rings. The van der Waals surface area contributed by atoms with Crippen LogP contribution in [0.1, 0.15) is 58.1 Å². The first kappa shape index (κ1) is 19.9. The second-order valence-electron chi connectivity index (χ2n) is 7.06. The van der Waals surface area contributed by atoms with E-state index < -0.39 is 0 Å². The van der Waals surface area contributed by atoms with E-state index in [4.69, 9.17) is 4.74 Å². The summed E-state index contributed by atoms with van der Waals surface area (Å²) >= 11 is 0. The molecular formula is C21H34N2O2. The Morgan fingerprint density at radius 3 is 2.52 bits per heavy atom. The van der Waals surface area contributed by atoms with E-state index in [-0.39, 0.29) is 18.1 Å². The lowest BCUT2D eigenvalue weighted by molar-refractivity contribution is -0.156. The van der Waals surface area contributed by atoms with Gasteiger partial charge in [-0.3, -0.25) is 5.32 Å². The maximum atomic E-state index is 12.9. The maximum absolute atomic E-state index is 12.9. The fourth-order valence-corrected chi connectivity index (χ4v) is 3.56. The lowest BCUT2D eigenvalue weighted by Gasteiger charge is -2.30. The molecule has 4 nitrogen and oxygen atoms in total. The van der Waals surface area contributed by atoms with Gasteiger partial charge in [0.1, 0.15) is 12.1 Å². The van der Waals surface area contributed by atoms with Crippen LogP contribution in [0.2, 0.25) is 0 Å². The van der Waals surface area contributed by atoms with Gasteiger partial charge in [-0.2, -0.15) is 0 Å². The highest BCUT2D eigenvalue weighted by molar-refractivity contribution is 5.77. The number of nitrogens with zero attached hydrogens (tertiary/aromatic N) is 1. The Balaban J connectivity index is 1.99. The van der Waals surface area contributed by atoms with Crippen LogP contribution < -0.4 is 5.32 Å². The van der Waals surface area contributed by atoms with Crippen LogP contribution in [0.3, 0.4) is 0 Å². The van der Waals surface area contributed by atoms with Crippen LogP contribution in [-0.4, -0.2) is 43.2 Å². The monoisotopic (exact) mass is 346 g/mol. The average molecular weight is 347 g/mol. The molecule has 1 aliphatic rings. The fourth-order valence-electron chi connectivity index (χ4n) is 3.56. The van der Waals surface area contributed by atoms with Crippen molar-refractivity contribution >= 4 is 5.97 Å². The molecule has 1 aliphatic carbocycles. The summed E-state index contributed by atoms with van der Waals surface area (Å²) < 4.78 is 5.92. The molecule has 0 heterocycles. The van der Waals surface area contributed by atoms with Crippen LogP contribution in [0.5, 0.6) is 0 Å². The van der Waals surface area contributed by atoms with Crippen molar-refractivity contribution in [3.8, 4) is 0 Å². The molecule has 1 fully saturated rings. The first-order valence-electron chi connectivity index (χ1n) is 9.86. The lowest BCUT2D eigenvalue weighted by Crippen LogP contribution is -2.39. The van der Waals surface area contributed by atoms with E-state index in [1.807, 2.05) is 30.3 Å². The van der Waals surface area contributed by atoms with E-state index >= 15 is 0 Å². The fraction of sp³-hybridized carbons (Fsp3) is 0.667. The van der Waals surface area contributed by atoms with Crippen molar-refractivity contribution in [2.45, 2.75) is 58.6 Å². The molecular weight excluding hydrogens is 312 g/mol. The predicted molar refractivity (Wildman–Crippen MR) is 102 cm³/mol. The van der Waals surface area contributed by atoms with Gasteiger partial charge < -0.3 is 9.64 Å². The summed E-state index contributed by atoms with van der Waals surface area (Å²) in [5, 5.41) is 3.42. The smallest absolute Gasteiger partial charge is 0.328 e. The van der Waals surface area contributed by atoms with E-state index in [9.17, 15) is 4.79 Å². The first-order valence-corrected chi connectivity index (χ1v) is 9.86. The van der Waals surface area contributed by atoms with Crippen LogP contribution in [0, 0.1) is 5.92 Å². The molecule has 0 saturated heterocycles. The second kappa shape index (κ2) is 10.6. The van der Waals surface area contributed by atoms with Gasteiger partial charge in [-0.15, -0.1) is 0 Å². The summed E-state index contributed by atoms with van der Waals surface area (Å²) in [6, 6.07) is 9.55.